The van der Waals surface area contributed by atoms with Crippen molar-refractivity contribution in [2.75, 3.05) is 0 Å². The van der Waals surface area contributed by atoms with Gasteiger partial charge in [0.25, 0.3) is 0 Å². The van der Waals surface area contributed by atoms with Crippen LogP contribution in [0.4, 0.5) is 8.78 Å². The summed E-state index contributed by atoms with van der Waals surface area (Å²) in [7, 11) is 0. The molecule has 0 atom stereocenters. The smallest absolute Gasteiger partial charge is 0.159 e. The largest absolute Gasteiger partial charge is 0.290 e. The Bertz CT molecular complexity index is 623. The number of amidine groups is 1. The molecule has 98 valence electrons. The number of aromatic nitrogens is 2. The zero-order valence-electron chi connectivity index (χ0n) is 9.39. The van der Waals surface area contributed by atoms with Gasteiger partial charge in [-0.15, -0.1) is 5.10 Å². The van der Waals surface area contributed by atoms with Crippen molar-refractivity contribution in [3.63, 3.8) is 0 Å². The Kier molecular flexibility index (Phi) is 4.03. The van der Waals surface area contributed by atoms with Gasteiger partial charge in [-0.2, -0.15) is 5.10 Å². The van der Waals surface area contributed by atoms with E-state index in [4.69, 9.17) is 10.6 Å². The summed E-state index contributed by atoms with van der Waals surface area (Å²) in [5, 5.41) is 23.9. The second-order valence-electron chi connectivity index (χ2n) is 3.41. The van der Waals surface area contributed by atoms with Crippen LogP contribution in [0.2, 0.25) is 0 Å². The van der Waals surface area contributed by atoms with Crippen molar-refractivity contribution >= 4 is 17.6 Å². The van der Waals surface area contributed by atoms with Gasteiger partial charge in [0.1, 0.15) is 5.03 Å². The molecule has 2 rings (SSSR count). The number of nitrogens with one attached hydrogen (secondary N) is 2. The Hall–Kier alpha value is -2.06. The predicted octanol–water partition coefficient (Wildman–Crippen LogP) is 2.21. The van der Waals surface area contributed by atoms with Crippen molar-refractivity contribution in [2.45, 2.75) is 9.92 Å². The standard InChI is InChI=1S/C11H8F2N4OS/c12-8-2-1-6(5-9(8)13)19-11-7(10(14)17-18)3-4-15-16-11/h1-5,18H,(H2,14,17). The Morgan fingerprint density at radius 3 is 2.74 bits per heavy atom. The molecule has 0 unspecified atom stereocenters. The maximum atomic E-state index is 13.1. The summed E-state index contributed by atoms with van der Waals surface area (Å²) in [5.41, 5.74) is 1.99. The molecule has 3 N–H and O–H groups in total. The first-order valence-electron chi connectivity index (χ1n) is 5.05. The molecule has 0 fully saturated rings. The first kappa shape index (κ1) is 13.4. The third-order valence-electron chi connectivity index (χ3n) is 2.17. The molecule has 0 spiro atoms. The summed E-state index contributed by atoms with van der Waals surface area (Å²) in [6.07, 6.45) is 1.36. The third kappa shape index (κ3) is 3.04. The van der Waals surface area contributed by atoms with E-state index in [-0.39, 0.29) is 5.84 Å². The van der Waals surface area contributed by atoms with E-state index in [1.807, 2.05) is 0 Å². The van der Waals surface area contributed by atoms with Crippen LogP contribution in [0.15, 0.2) is 40.4 Å². The monoisotopic (exact) mass is 282 g/mol. The molecule has 2 aromatic rings. The molecule has 1 heterocycles. The number of hydroxylamine groups is 1. The molecule has 0 amide bonds. The van der Waals surface area contributed by atoms with Gasteiger partial charge in [-0.25, -0.2) is 8.78 Å². The van der Waals surface area contributed by atoms with E-state index in [1.165, 1.54) is 18.3 Å². The molecule has 0 saturated heterocycles. The lowest BCUT2D eigenvalue weighted by Crippen LogP contribution is -2.20. The zero-order chi connectivity index (χ0) is 13.8. The first-order chi connectivity index (χ1) is 9.11. The zero-order valence-corrected chi connectivity index (χ0v) is 10.2. The van der Waals surface area contributed by atoms with Gasteiger partial charge < -0.3 is 0 Å². The topological polar surface area (TPSA) is 81.9 Å². The average Bonchev–Trinajstić information content (AvgIpc) is 2.43. The lowest BCUT2D eigenvalue weighted by atomic mass is 10.3. The minimum Gasteiger partial charge on any atom is -0.290 e. The molecule has 0 aliphatic carbocycles. The predicted molar refractivity (Wildman–Crippen MR) is 64.3 cm³/mol. The Morgan fingerprint density at radius 1 is 1.26 bits per heavy atom. The highest BCUT2D eigenvalue weighted by Crippen LogP contribution is 2.29. The minimum atomic E-state index is -0.967. The van der Waals surface area contributed by atoms with Gasteiger partial charge in [0, 0.05) is 4.90 Å². The summed E-state index contributed by atoms with van der Waals surface area (Å²) in [6, 6.07) is 4.88. The van der Waals surface area contributed by atoms with Gasteiger partial charge in [0.05, 0.1) is 11.8 Å². The van der Waals surface area contributed by atoms with Crippen molar-refractivity contribution in [2.24, 2.45) is 0 Å². The normalized spacial score (nSPS) is 10.3. The first-order valence-corrected chi connectivity index (χ1v) is 5.87. The van der Waals surface area contributed by atoms with Crippen LogP contribution in [0.25, 0.3) is 0 Å². The molecule has 5 nitrogen and oxygen atoms in total. The summed E-state index contributed by atoms with van der Waals surface area (Å²) in [4.78, 5) is 0.409. The van der Waals surface area contributed by atoms with Crippen molar-refractivity contribution in [3.8, 4) is 0 Å². The molecule has 1 aromatic heterocycles. The fourth-order valence-corrected chi connectivity index (χ4v) is 2.19. The van der Waals surface area contributed by atoms with Gasteiger partial charge in [-0.1, -0.05) is 11.8 Å². The molecule has 0 bridgehead atoms. The second kappa shape index (κ2) is 5.72. The van der Waals surface area contributed by atoms with E-state index < -0.39 is 11.6 Å². The molecule has 19 heavy (non-hydrogen) atoms. The maximum Gasteiger partial charge on any atom is 0.159 e. The van der Waals surface area contributed by atoms with Crippen molar-refractivity contribution in [1.82, 2.24) is 15.7 Å². The van der Waals surface area contributed by atoms with Crippen molar-refractivity contribution in [1.29, 1.82) is 5.41 Å². The molecular weight excluding hydrogens is 274 g/mol. The lowest BCUT2D eigenvalue weighted by Gasteiger charge is -2.07. The molecule has 1 aromatic carbocycles. The molecule has 0 aliphatic heterocycles. The van der Waals surface area contributed by atoms with Crippen molar-refractivity contribution in [3.05, 3.63) is 47.7 Å². The van der Waals surface area contributed by atoms with Gasteiger partial charge in [0.15, 0.2) is 17.5 Å². The van der Waals surface area contributed by atoms with Crippen LogP contribution in [0, 0.1) is 17.0 Å². The summed E-state index contributed by atoms with van der Waals surface area (Å²) in [5.74, 6) is -2.17. The second-order valence-corrected chi connectivity index (χ2v) is 4.48. The summed E-state index contributed by atoms with van der Waals surface area (Å²) < 4.78 is 25.9. The number of halogens is 2. The van der Waals surface area contributed by atoms with E-state index >= 15 is 0 Å². The van der Waals surface area contributed by atoms with Crippen LogP contribution in [0.1, 0.15) is 5.56 Å². The van der Waals surface area contributed by atoms with E-state index in [0.29, 0.717) is 15.5 Å². The van der Waals surface area contributed by atoms with Gasteiger partial charge in [-0.3, -0.25) is 16.1 Å². The SMILES string of the molecule is N=C(NO)c1ccnnc1Sc1ccc(F)c(F)c1. The molecule has 0 aliphatic rings. The van der Waals surface area contributed by atoms with E-state index in [2.05, 4.69) is 10.2 Å². The molecule has 0 saturated carbocycles. The van der Waals surface area contributed by atoms with Crippen LogP contribution in [0.5, 0.6) is 0 Å². The van der Waals surface area contributed by atoms with Crippen LogP contribution in [-0.4, -0.2) is 21.2 Å². The third-order valence-corrected chi connectivity index (χ3v) is 3.16. The van der Waals surface area contributed by atoms with Crippen molar-refractivity contribution < 1.29 is 14.0 Å². The van der Waals surface area contributed by atoms with Gasteiger partial charge in [0.2, 0.25) is 0 Å². The van der Waals surface area contributed by atoms with Gasteiger partial charge >= 0.3 is 0 Å². The Morgan fingerprint density at radius 2 is 2.05 bits per heavy atom. The quantitative estimate of drug-likeness (QED) is 0.457. The minimum absolute atomic E-state index is 0.264. The number of hydrogen-bond donors (Lipinski definition) is 3. The van der Waals surface area contributed by atoms with Crippen LogP contribution in [-0.2, 0) is 0 Å². The average molecular weight is 282 g/mol. The highest BCUT2D eigenvalue weighted by atomic mass is 32.2. The number of hydrogen-bond acceptors (Lipinski definition) is 5. The maximum absolute atomic E-state index is 13.1. The fourth-order valence-electron chi connectivity index (χ4n) is 1.30. The molecular formula is C11H8F2N4OS. The fraction of sp³-hybridized carbons (Fsp3) is 0. The number of nitrogens with zero attached hydrogens (tertiary/aromatic N) is 2. The molecule has 0 radical (unpaired) electrons. The van der Waals surface area contributed by atoms with E-state index in [1.54, 1.807) is 5.48 Å². The number of rotatable bonds is 3. The summed E-state index contributed by atoms with van der Waals surface area (Å²) in [6.45, 7) is 0. The van der Waals surface area contributed by atoms with Crippen LogP contribution < -0.4 is 5.48 Å². The van der Waals surface area contributed by atoms with E-state index in [9.17, 15) is 8.78 Å². The van der Waals surface area contributed by atoms with Crippen LogP contribution >= 0.6 is 11.8 Å². The lowest BCUT2D eigenvalue weighted by molar-refractivity contribution is 0.234. The number of benzene rings is 1. The highest BCUT2D eigenvalue weighted by Gasteiger charge is 2.12. The van der Waals surface area contributed by atoms with E-state index in [0.717, 1.165) is 23.9 Å². The van der Waals surface area contributed by atoms with Gasteiger partial charge in [-0.05, 0) is 24.3 Å². The van der Waals surface area contributed by atoms with Crippen LogP contribution in [0.3, 0.4) is 0 Å². The molecule has 8 heteroatoms. The Balaban J connectivity index is 2.32. The Labute approximate surface area is 111 Å². The summed E-state index contributed by atoms with van der Waals surface area (Å²) >= 11 is 1.01. The highest BCUT2D eigenvalue weighted by molar-refractivity contribution is 7.99.